The number of fused-ring (bicyclic) bond motifs is 1. The summed E-state index contributed by atoms with van der Waals surface area (Å²) in [5.41, 5.74) is 9.05. The van der Waals surface area contributed by atoms with Crippen molar-refractivity contribution >= 4 is 16.9 Å². The fourth-order valence-electron chi connectivity index (χ4n) is 3.02. The van der Waals surface area contributed by atoms with Crippen molar-refractivity contribution in [3.05, 3.63) is 59.7 Å². The van der Waals surface area contributed by atoms with Gasteiger partial charge in [0, 0.05) is 24.4 Å². The van der Waals surface area contributed by atoms with E-state index in [4.69, 9.17) is 15.2 Å². The fourth-order valence-corrected chi connectivity index (χ4v) is 3.02. The van der Waals surface area contributed by atoms with Crippen LogP contribution in [0.3, 0.4) is 0 Å². The lowest BCUT2D eigenvalue weighted by Crippen LogP contribution is -2.33. The van der Waals surface area contributed by atoms with Crippen molar-refractivity contribution in [1.29, 1.82) is 0 Å². The van der Waals surface area contributed by atoms with Gasteiger partial charge in [-0.25, -0.2) is 0 Å². The van der Waals surface area contributed by atoms with Gasteiger partial charge in [-0.1, -0.05) is 30.3 Å². The average Bonchev–Trinajstić information content (AvgIpc) is 2.87. The van der Waals surface area contributed by atoms with Crippen LogP contribution in [0.5, 0.6) is 11.6 Å². The Morgan fingerprint density at radius 1 is 1.20 bits per heavy atom. The summed E-state index contributed by atoms with van der Waals surface area (Å²) in [5.74, 6) is 0.999. The van der Waals surface area contributed by atoms with E-state index in [1.165, 1.54) is 7.11 Å². The quantitative estimate of drug-likeness (QED) is 0.725. The molecule has 1 unspecified atom stereocenters. The van der Waals surface area contributed by atoms with Crippen LogP contribution in [0.4, 0.5) is 0 Å². The Kier molecular flexibility index (Phi) is 4.76. The van der Waals surface area contributed by atoms with Crippen LogP contribution in [0.25, 0.3) is 10.9 Å². The molecule has 0 radical (unpaired) electrons. The summed E-state index contributed by atoms with van der Waals surface area (Å²) in [6.45, 7) is 2.02. The van der Waals surface area contributed by atoms with Crippen molar-refractivity contribution < 1.29 is 14.3 Å². The number of carbonyl (C=O) groups is 1. The number of esters is 1. The van der Waals surface area contributed by atoms with E-state index >= 15 is 0 Å². The summed E-state index contributed by atoms with van der Waals surface area (Å²) in [6.07, 6.45) is 0.342. The Bertz CT molecular complexity index is 914. The number of hydrogen-bond acceptors (Lipinski definition) is 4. The molecule has 0 bridgehead atoms. The van der Waals surface area contributed by atoms with Gasteiger partial charge >= 0.3 is 5.97 Å². The number of rotatable bonds is 5. The smallest absolute Gasteiger partial charge is 0.322 e. The van der Waals surface area contributed by atoms with Crippen molar-refractivity contribution in [1.82, 2.24) is 4.57 Å². The predicted octanol–water partition coefficient (Wildman–Crippen LogP) is 3.32. The molecular weight excluding hydrogens is 316 g/mol. The number of hydrogen-bond donors (Lipinski definition) is 1. The Labute approximate surface area is 147 Å². The van der Waals surface area contributed by atoms with Crippen molar-refractivity contribution in [2.75, 3.05) is 7.11 Å². The number of aromatic nitrogens is 1. The minimum absolute atomic E-state index is 0.342. The van der Waals surface area contributed by atoms with E-state index in [0.717, 1.165) is 27.8 Å². The molecule has 0 fully saturated rings. The van der Waals surface area contributed by atoms with Gasteiger partial charge in [-0.2, -0.15) is 0 Å². The molecule has 0 saturated heterocycles. The minimum Gasteiger partial charge on any atom is -0.468 e. The zero-order valence-corrected chi connectivity index (χ0v) is 14.7. The molecule has 0 aliphatic carbocycles. The molecule has 1 atom stereocenters. The lowest BCUT2D eigenvalue weighted by atomic mass is 10.1. The predicted molar refractivity (Wildman–Crippen MR) is 97.9 cm³/mol. The van der Waals surface area contributed by atoms with Crippen molar-refractivity contribution in [2.24, 2.45) is 12.8 Å². The molecule has 1 heterocycles. The van der Waals surface area contributed by atoms with Gasteiger partial charge in [-0.15, -0.1) is 0 Å². The van der Waals surface area contributed by atoms with E-state index in [1.54, 1.807) is 0 Å². The molecule has 0 spiro atoms. The zero-order valence-electron chi connectivity index (χ0n) is 14.7. The number of para-hydroxylation sites is 1. The fraction of sp³-hybridized carbons (Fsp3) is 0.250. The van der Waals surface area contributed by atoms with E-state index in [9.17, 15) is 4.79 Å². The first-order valence-electron chi connectivity index (χ1n) is 8.15. The highest BCUT2D eigenvalue weighted by molar-refractivity contribution is 5.88. The first-order valence-corrected chi connectivity index (χ1v) is 8.15. The van der Waals surface area contributed by atoms with Crippen molar-refractivity contribution in [3.63, 3.8) is 0 Å². The third kappa shape index (κ3) is 3.37. The van der Waals surface area contributed by atoms with Crippen LogP contribution in [-0.4, -0.2) is 23.7 Å². The largest absolute Gasteiger partial charge is 0.468 e. The van der Waals surface area contributed by atoms with Gasteiger partial charge in [0.25, 0.3) is 0 Å². The van der Waals surface area contributed by atoms with Crippen LogP contribution in [0.1, 0.15) is 11.1 Å². The first-order chi connectivity index (χ1) is 12.0. The normalized spacial score (nSPS) is 12.2. The Morgan fingerprint density at radius 2 is 1.96 bits per heavy atom. The van der Waals surface area contributed by atoms with Crippen LogP contribution >= 0.6 is 0 Å². The molecule has 0 amide bonds. The van der Waals surface area contributed by atoms with E-state index < -0.39 is 12.0 Å². The number of nitrogens with two attached hydrogens (primary N) is 1. The second-order valence-corrected chi connectivity index (χ2v) is 6.11. The maximum Gasteiger partial charge on any atom is 0.322 e. The molecule has 2 N–H and O–H groups in total. The second-order valence-electron chi connectivity index (χ2n) is 6.11. The highest BCUT2D eigenvalue weighted by atomic mass is 16.5. The highest BCUT2D eigenvalue weighted by Gasteiger charge is 2.23. The monoisotopic (exact) mass is 338 g/mol. The topological polar surface area (TPSA) is 66.5 Å². The van der Waals surface area contributed by atoms with E-state index in [0.29, 0.717) is 12.3 Å². The number of benzene rings is 2. The molecule has 25 heavy (non-hydrogen) atoms. The molecule has 2 aromatic carbocycles. The van der Waals surface area contributed by atoms with E-state index in [-0.39, 0.29) is 0 Å². The van der Waals surface area contributed by atoms with Crippen LogP contribution < -0.4 is 10.5 Å². The maximum absolute atomic E-state index is 11.8. The molecule has 1 aromatic heterocycles. The van der Waals surface area contributed by atoms with Gasteiger partial charge in [0.2, 0.25) is 5.88 Å². The Hall–Kier alpha value is -2.79. The molecular formula is C20H22N2O3. The van der Waals surface area contributed by atoms with Gasteiger partial charge in [0.05, 0.1) is 12.6 Å². The number of carbonyl (C=O) groups excluding carboxylic acids is 1. The molecule has 5 heteroatoms. The third-order valence-corrected chi connectivity index (χ3v) is 4.29. The van der Waals surface area contributed by atoms with Gasteiger partial charge in [-0.3, -0.25) is 4.79 Å². The van der Waals surface area contributed by atoms with Crippen molar-refractivity contribution in [3.8, 4) is 11.6 Å². The van der Waals surface area contributed by atoms with Gasteiger partial charge in [0.1, 0.15) is 11.8 Å². The molecule has 3 aromatic rings. The average molecular weight is 338 g/mol. The standard InChI is InChI=1S/C20H22N2O3/c1-13-7-6-8-14(11-13)25-19-16(12-17(21)20(23)24-3)15-9-4-5-10-18(15)22(19)2/h4-11,17H,12,21H2,1-3H3. The maximum atomic E-state index is 11.8. The number of methoxy groups -OCH3 is 1. The number of aryl methyl sites for hydroxylation is 2. The van der Waals surface area contributed by atoms with E-state index in [2.05, 4.69) is 0 Å². The summed E-state index contributed by atoms with van der Waals surface area (Å²) in [6, 6.07) is 15.1. The molecule has 0 saturated carbocycles. The number of ether oxygens (including phenoxy) is 2. The van der Waals surface area contributed by atoms with Gasteiger partial charge in [-0.05, 0) is 30.7 Å². The third-order valence-electron chi connectivity index (χ3n) is 4.29. The van der Waals surface area contributed by atoms with Gasteiger partial charge < -0.3 is 19.8 Å². The van der Waals surface area contributed by atoms with E-state index in [1.807, 2.05) is 67.1 Å². The molecule has 3 rings (SSSR count). The summed E-state index contributed by atoms with van der Waals surface area (Å²) in [4.78, 5) is 11.8. The minimum atomic E-state index is -0.740. The Balaban J connectivity index is 2.08. The lowest BCUT2D eigenvalue weighted by molar-refractivity contribution is -0.142. The summed E-state index contributed by atoms with van der Waals surface area (Å²) < 4.78 is 12.9. The lowest BCUT2D eigenvalue weighted by Gasteiger charge is -2.13. The highest BCUT2D eigenvalue weighted by Crippen LogP contribution is 2.35. The molecule has 0 aliphatic rings. The summed E-state index contributed by atoms with van der Waals surface area (Å²) in [5, 5.41) is 1.02. The molecule has 130 valence electrons. The molecule has 0 aliphatic heterocycles. The van der Waals surface area contributed by atoms with Crippen LogP contribution in [0, 0.1) is 6.92 Å². The summed E-state index contributed by atoms with van der Waals surface area (Å²) in [7, 11) is 3.29. The van der Waals surface area contributed by atoms with Crippen LogP contribution in [0.2, 0.25) is 0 Å². The van der Waals surface area contributed by atoms with Gasteiger partial charge in [0.15, 0.2) is 0 Å². The SMILES string of the molecule is COC(=O)C(N)Cc1c(Oc2cccc(C)c2)n(C)c2ccccc12. The summed E-state index contributed by atoms with van der Waals surface area (Å²) >= 11 is 0. The van der Waals surface area contributed by atoms with Crippen molar-refractivity contribution in [2.45, 2.75) is 19.4 Å². The van der Waals surface area contributed by atoms with Crippen LogP contribution in [0.15, 0.2) is 48.5 Å². The van der Waals surface area contributed by atoms with Crippen LogP contribution in [-0.2, 0) is 23.0 Å². The zero-order chi connectivity index (χ0) is 18.0. The second kappa shape index (κ2) is 6.99. The number of nitrogens with zero attached hydrogens (tertiary/aromatic N) is 1. The molecule has 5 nitrogen and oxygen atoms in total. The first kappa shape index (κ1) is 17.0. The Morgan fingerprint density at radius 3 is 2.68 bits per heavy atom.